The Morgan fingerprint density at radius 2 is 1.85 bits per heavy atom. The lowest BCUT2D eigenvalue weighted by atomic mass is 9.97. The Morgan fingerprint density at radius 1 is 1.25 bits per heavy atom. The second-order valence-corrected chi connectivity index (χ2v) is 7.84. The fraction of sp³-hybridized carbons (Fsp3) is 0.647. The number of methoxy groups -OCH3 is 1. The molecular formula is C17H26BrNO. The van der Waals surface area contributed by atoms with Crippen LogP contribution in [0.15, 0.2) is 22.7 Å². The molecule has 2 nitrogen and oxygen atoms in total. The van der Waals surface area contributed by atoms with E-state index in [1.165, 1.54) is 5.56 Å². The van der Waals surface area contributed by atoms with Gasteiger partial charge in [0.05, 0.1) is 11.6 Å². The second kappa shape index (κ2) is 5.34. The summed E-state index contributed by atoms with van der Waals surface area (Å²) in [6, 6.07) is 6.89. The number of likely N-dealkylation sites (N-methyl/N-ethyl adjacent to an activating group) is 1. The number of ether oxygens (including phenoxy) is 1. The first-order valence-electron chi connectivity index (χ1n) is 7.25. The molecule has 3 heteroatoms. The van der Waals surface area contributed by atoms with Crippen LogP contribution < -0.4 is 10.1 Å². The summed E-state index contributed by atoms with van der Waals surface area (Å²) in [6.07, 6.45) is 1.05. The van der Waals surface area contributed by atoms with Crippen molar-refractivity contribution in [1.29, 1.82) is 0 Å². The molecule has 112 valence electrons. The molecule has 0 aliphatic heterocycles. The summed E-state index contributed by atoms with van der Waals surface area (Å²) in [5.41, 5.74) is 2.16. The van der Waals surface area contributed by atoms with E-state index in [9.17, 15) is 0 Å². The van der Waals surface area contributed by atoms with Gasteiger partial charge in [0.1, 0.15) is 5.75 Å². The smallest absolute Gasteiger partial charge is 0.133 e. The molecule has 0 saturated heterocycles. The molecule has 2 rings (SSSR count). The standard InChI is InChI=1S/C17H26BrNO/c1-16(2)15(17(16,3)4)13(19-5)10-11-7-8-14(20-6)12(18)9-11/h7-9,13,15,19H,10H2,1-6H3. The highest BCUT2D eigenvalue weighted by Gasteiger charge is 2.66. The van der Waals surface area contributed by atoms with Crippen LogP contribution in [0, 0.1) is 16.7 Å². The van der Waals surface area contributed by atoms with Crippen molar-refractivity contribution in [2.24, 2.45) is 16.7 Å². The van der Waals surface area contributed by atoms with Gasteiger partial charge in [-0.1, -0.05) is 33.8 Å². The molecule has 0 aromatic heterocycles. The van der Waals surface area contributed by atoms with Gasteiger partial charge < -0.3 is 10.1 Å². The lowest BCUT2D eigenvalue weighted by molar-refractivity contribution is 0.409. The van der Waals surface area contributed by atoms with Gasteiger partial charge in [-0.3, -0.25) is 0 Å². The van der Waals surface area contributed by atoms with Crippen LogP contribution in [0.2, 0.25) is 0 Å². The van der Waals surface area contributed by atoms with Gasteiger partial charge in [-0.05, 0) is 63.8 Å². The number of hydrogen-bond acceptors (Lipinski definition) is 2. The SMILES string of the molecule is CNC(Cc1ccc(OC)c(Br)c1)C1C(C)(C)C1(C)C. The van der Waals surface area contributed by atoms with E-state index in [4.69, 9.17) is 4.74 Å². The van der Waals surface area contributed by atoms with Crippen molar-refractivity contribution in [3.63, 3.8) is 0 Å². The molecule has 1 N–H and O–H groups in total. The predicted molar refractivity (Wildman–Crippen MR) is 88.3 cm³/mol. The van der Waals surface area contributed by atoms with E-state index < -0.39 is 0 Å². The minimum absolute atomic E-state index is 0.407. The van der Waals surface area contributed by atoms with Crippen molar-refractivity contribution < 1.29 is 4.74 Å². The zero-order valence-corrected chi connectivity index (χ0v) is 15.0. The first kappa shape index (κ1) is 15.8. The quantitative estimate of drug-likeness (QED) is 0.864. The fourth-order valence-electron chi connectivity index (χ4n) is 3.73. The van der Waals surface area contributed by atoms with E-state index in [0.29, 0.717) is 22.8 Å². The van der Waals surface area contributed by atoms with Gasteiger partial charge in [-0.25, -0.2) is 0 Å². The Bertz CT molecular complexity index is 482. The van der Waals surface area contributed by atoms with E-state index in [-0.39, 0.29) is 0 Å². The third-order valence-electron chi connectivity index (χ3n) is 5.58. The molecular weight excluding hydrogens is 314 g/mol. The number of nitrogens with one attached hydrogen (secondary N) is 1. The molecule has 1 atom stereocenters. The summed E-state index contributed by atoms with van der Waals surface area (Å²) >= 11 is 3.57. The highest BCUT2D eigenvalue weighted by molar-refractivity contribution is 9.10. The molecule has 1 fully saturated rings. The molecule has 0 radical (unpaired) electrons. The molecule has 1 unspecified atom stereocenters. The summed E-state index contributed by atoms with van der Waals surface area (Å²) in [5, 5.41) is 3.53. The monoisotopic (exact) mass is 339 g/mol. The Labute approximate surface area is 131 Å². The van der Waals surface area contributed by atoms with Crippen LogP contribution in [-0.4, -0.2) is 20.2 Å². The molecule has 0 heterocycles. The van der Waals surface area contributed by atoms with E-state index in [2.05, 4.69) is 68.1 Å². The number of hydrogen-bond donors (Lipinski definition) is 1. The fourth-order valence-corrected chi connectivity index (χ4v) is 4.32. The van der Waals surface area contributed by atoms with E-state index >= 15 is 0 Å². The average Bonchev–Trinajstić information content (AvgIpc) is 2.77. The van der Waals surface area contributed by atoms with Gasteiger partial charge in [-0.2, -0.15) is 0 Å². The Hall–Kier alpha value is -0.540. The van der Waals surface area contributed by atoms with Crippen molar-refractivity contribution in [3.8, 4) is 5.75 Å². The van der Waals surface area contributed by atoms with Gasteiger partial charge in [0.15, 0.2) is 0 Å². The normalized spacial score (nSPS) is 21.6. The van der Waals surface area contributed by atoms with Crippen LogP contribution >= 0.6 is 15.9 Å². The summed E-state index contributed by atoms with van der Waals surface area (Å²) in [5.74, 6) is 1.60. The molecule has 0 bridgehead atoms. The van der Waals surface area contributed by atoms with Gasteiger partial charge in [0.2, 0.25) is 0 Å². The average molecular weight is 340 g/mol. The lowest BCUT2D eigenvalue weighted by Crippen LogP contribution is -2.32. The maximum atomic E-state index is 5.29. The molecule has 0 spiro atoms. The minimum atomic E-state index is 0.407. The van der Waals surface area contributed by atoms with Crippen LogP contribution in [0.5, 0.6) is 5.75 Å². The van der Waals surface area contributed by atoms with E-state index in [0.717, 1.165) is 16.6 Å². The maximum Gasteiger partial charge on any atom is 0.133 e. The van der Waals surface area contributed by atoms with Crippen molar-refractivity contribution in [3.05, 3.63) is 28.2 Å². The van der Waals surface area contributed by atoms with Crippen molar-refractivity contribution in [2.75, 3.05) is 14.2 Å². The van der Waals surface area contributed by atoms with Gasteiger partial charge in [0, 0.05) is 6.04 Å². The molecule has 1 aliphatic carbocycles. The number of benzene rings is 1. The van der Waals surface area contributed by atoms with Crippen LogP contribution in [0.3, 0.4) is 0 Å². The summed E-state index contributed by atoms with van der Waals surface area (Å²) < 4.78 is 6.32. The lowest BCUT2D eigenvalue weighted by Gasteiger charge is -2.19. The third-order valence-corrected chi connectivity index (χ3v) is 6.20. The van der Waals surface area contributed by atoms with E-state index in [1.54, 1.807) is 7.11 Å². The molecule has 20 heavy (non-hydrogen) atoms. The van der Waals surface area contributed by atoms with Crippen molar-refractivity contribution >= 4 is 15.9 Å². The van der Waals surface area contributed by atoms with Crippen molar-refractivity contribution in [1.82, 2.24) is 5.32 Å². The van der Waals surface area contributed by atoms with Crippen LogP contribution in [0.25, 0.3) is 0 Å². The van der Waals surface area contributed by atoms with Crippen LogP contribution in [0.4, 0.5) is 0 Å². The summed E-state index contributed by atoms with van der Waals surface area (Å²) in [6.45, 7) is 9.52. The topological polar surface area (TPSA) is 21.3 Å². The molecule has 1 aromatic rings. The maximum absolute atomic E-state index is 5.29. The number of rotatable bonds is 5. The number of halogens is 1. The summed E-state index contributed by atoms with van der Waals surface area (Å²) in [4.78, 5) is 0. The predicted octanol–water partition coefficient (Wildman–Crippen LogP) is 4.27. The Kier molecular flexibility index (Phi) is 4.23. The molecule has 1 aliphatic rings. The largest absolute Gasteiger partial charge is 0.496 e. The Balaban J connectivity index is 2.14. The van der Waals surface area contributed by atoms with Gasteiger partial charge in [0.25, 0.3) is 0 Å². The zero-order valence-electron chi connectivity index (χ0n) is 13.4. The third kappa shape index (κ3) is 2.50. The Morgan fingerprint density at radius 3 is 2.25 bits per heavy atom. The van der Waals surface area contributed by atoms with Crippen LogP contribution in [-0.2, 0) is 6.42 Å². The molecule has 1 saturated carbocycles. The van der Waals surface area contributed by atoms with Gasteiger partial charge in [-0.15, -0.1) is 0 Å². The van der Waals surface area contributed by atoms with Crippen LogP contribution in [0.1, 0.15) is 33.3 Å². The highest BCUT2D eigenvalue weighted by atomic mass is 79.9. The van der Waals surface area contributed by atoms with Crippen molar-refractivity contribution in [2.45, 2.75) is 40.2 Å². The summed E-state index contributed by atoms with van der Waals surface area (Å²) in [7, 11) is 3.78. The highest BCUT2D eigenvalue weighted by Crippen LogP contribution is 2.69. The van der Waals surface area contributed by atoms with Gasteiger partial charge >= 0.3 is 0 Å². The molecule has 0 amide bonds. The van der Waals surface area contributed by atoms with E-state index in [1.807, 2.05) is 6.07 Å². The first-order chi connectivity index (χ1) is 9.25. The minimum Gasteiger partial charge on any atom is -0.496 e. The molecule has 1 aromatic carbocycles. The first-order valence-corrected chi connectivity index (χ1v) is 8.04. The second-order valence-electron chi connectivity index (χ2n) is 6.99. The zero-order chi connectivity index (χ0) is 15.1.